The molecule has 2 aromatic rings. The predicted octanol–water partition coefficient (Wildman–Crippen LogP) is 4.05. The first-order valence-corrected chi connectivity index (χ1v) is 14.4. The van der Waals surface area contributed by atoms with E-state index in [-0.39, 0.29) is 37.2 Å². The number of ether oxygens (including phenoxy) is 1. The molecule has 0 saturated carbocycles. The van der Waals surface area contributed by atoms with Gasteiger partial charge in [0.2, 0.25) is 21.8 Å². The monoisotopic (exact) mass is 531 g/mol. The van der Waals surface area contributed by atoms with Crippen LogP contribution in [-0.2, 0) is 26.2 Å². The maximum absolute atomic E-state index is 13.4. The highest BCUT2D eigenvalue weighted by molar-refractivity contribution is 7.92. The van der Waals surface area contributed by atoms with Crippen LogP contribution in [0.25, 0.3) is 0 Å². The third-order valence-corrected chi connectivity index (χ3v) is 7.20. The van der Waals surface area contributed by atoms with E-state index >= 15 is 0 Å². The average Bonchev–Trinajstić information content (AvgIpc) is 2.82. The second kappa shape index (κ2) is 13.5. The fraction of sp³-hybridized carbons (Fsp3) is 0.500. The second-order valence-electron chi connectivity index (χ2n) is 9.97. The number of benzene rings is 2. The Labute approximate surface area is 222 Å². The fourth-order valence-corrected chi connectivity index (χ4v) is 5.01. The minimum absolute atomic E-state index is 0.106. The number of hydrogen-bond donors (Lipinski definition) is 1. The number of nitrogens with one attached hydrogen (secondary N) is 1. The van der Waals surface area contributed by atoms with E-state index in [1.54, 1.807) is 18.9 Å². The molecule has 0 saturated heterocycles. The molecule has 0 aliphatic rings. The lowest BCUT2D eigenvalue weighted by Gasteiger charge is -2.30. The molecule has 0 fully saturated rings. The van der Waals surface area contributed by atoms with E-state index in [4.69, 9.17) is 4.74 Å². The molecule has 204 valence electrons. The Morgan fingerprint density at radius 2 is 1.59 bits per heavy atom. The summed E-state index contributed by atoms with van der Waals surface area (Å²) in [7, 11) is -1.95. The molecule has 0 spiro atoms. The van der Waals surface area contributed by atoms with Crippen LogP contribution in [0.3, 0.4) is 0 Å². The van der Waals surface area contributed by atoms with Crippen LogP contribution >= 0.6 is 0 Å². The number of hydrogen-bond acceptors (Lipinski definition) is 5. The quantitative estimate of drug-likeness (QED) is 0.421. The van der Waals surface area contributed by atoms with Crippen molar-refractivity contribution < 1.29 is 22.7 Å². The molecule has 0 aliphatic heterocycles. The van der Waals surface area contributed by atoms with Gasteiger partial charge in [0.25, 0.3) is 0 Å². The van der Waals surface area contributed by atoms with Crippen LogP contribution in [0, 0.1) is 19.8 Å². The van der Waals surface area contributed by atoms with Gasteiger partial charge in [-0.1, -0.05) is 32.0 Å². The lowest BCUT2D eigenvalue weighted by molar-refractivity contribution is -0.140. The lowest BCUT2D eigenvalue weighted by Crippen LogP contribution is -2.48. The van der Waals surface area contributed by atoms with Gasteiger partial charge in [0.05, 0.1) is 19.1 Å². The zero-order valence-electron chi connectivity index (χ0n) is 23.1. The van der Waals surface area contributed by atoms with Crippen LogP contribution in [0.4, 0.5) is 5.69 Å². The highest BCUT2D eigenvalue weighted by Crippen LogP contribution is 2.22. The van der Waals surface area contributed by atoms with Crippen molar-refractivity contribution in [1.29, 1.82) is 0 Å². The van der Waals surface area contributed by atoms with Crippen molar-refractivity contribution >= 4 is 27.5 Å². The molecule has 2 amide bonds. The number of amides is 2. The smallest absolute Gasteiger partial charge is 0.242 e. The summed E-state index contributed by atoms with van der Waals surface area (Å²) in [6.07, 6.45) is 1.59. The van der Waals surface area contributed by atoms with E-state index in [2.05, 4.69) is 5.32 Å². The Hall–Kier alpha value is -3.07. The topological polar surface area (TPSA) is 96.0 Å². The summed E-state index contributed by atoms with van der Waals surface area (Å²) in [4.78, 5) is 27.8. The van der Waals surface area contributed by atoms with Gasteiger partial charge in [0.15, 0.2) is 0 Å². The molecule has 0 bridgehead atoms. The Balaban J connectivity index is 2.19. The zero-order chi connectivity index (χ0) is 27.8. The summed E-state index contributed by atoms with van der Waals surface area (Å²) in [6, 6.07) is 12.3. The van der Waals surface area contributed by atoms with E-state index in [0.29, 0.717) is 24.4 Å². The molecule has 0 heterocycles. The van der Waals surface area contributed by atoms with Crippen LogP contribution in [0.15, 0.2) is 42.5 Å². The second-order valence-corrected chi connectivity index (χ2v) is 11.9. The first-order chi connectivity index (χ1) is 17.3. The van der Waals surface area contributed by atoms with Crippen molar-refractivity contribution in [2.75, 3.05) is 30.8 Å². The summed E-state index contributed by atoms with van der Waals surface area (Å²) in [5, 5.41) is 2.91. The number of anilines is 1. The van der Waals surface area contributed by atoms with Crippen molar-refractivity contribution in [2.24, 2.45) is 5.92 Å². The van der Waals surface area contributed by atoms with Gasteiger partial charge in [-0.25, -0.2) is 8.42 Å². The summed E-state index contributed by atoms with van der Waals surface area (Å²) in [5.41, 5.74) is 3.38. The Morgan fingerprint density at radius 3 is 2.11 bits per heavy atom. The number of methoxy groups -OCH3 is 1. The number of rotatable bonds is 13. The molecule has 0 radical (unpaired) electrons. The molecule has 0 unspecified atom stereocenters. The van der Waals surface area contributed by atoms with Gasteiger partial charge >= 0.3 is 0 Å². The van der Waals surface area contributed by atoms with Gasteiger partial charge in [-0.05, 0) is 74.1 Å². The average molecular weight is 532 g/mol. The number of carbonyl (C=O) groups is 2. The highest BCUT2D eigenvalue weighted by atomic mass is 32.2. The molecule has 9 heteroatoms. The van der Waals surface area contributed by atoms with Crippen LogP contribution < -0.4 is 14.4 Å². The maximum atomic E-state index is 13.4. The zero-order valence-corrected chi connectivity index (χ0v) is 23.9. The van der Waals surface area contributed by atoms with Crippen LogP contribution in [0.1, 0.15) is 50.3 Å². The van der Waals surface area contributed by atoms with E-state index in [9.17, 15) is 18.0 Å². The Kier molecular flexibility index (Phi) is 11.0. The maximum Gasteiger partial charge on any atom is 0.242 e. The third kappa shape index (κ3) is 9.39. The lowest BCUT2D eigenvalue weighted by atomic mass is 10.1. The van der Waals surface area contributed by atoms with Gasteiger partial charge in [0.1, 0.15) is 11.8 Å². The van der Waals surface area contributed by atoms with Gasteiger partial charge in [-0.3, -0.25) is 13.9 Å². The normalized spacial score (nSPS) is 12.2. The van der Waals surface area contributed by atoms with Crippen LogP contribution in [-0.4, -0.2) is 57.6 Å². The molecular formula is C28H41N3O5S. The van der Waals surface area contributed by atoms with Crippen molar-refractivity contribution in [1.82, 2.24) is 10.2 Å². The fourth-order valence-electron chi connectivity index (χ4n) is 4.06. The summed E-state index contributed by atoms with van der Waals surface area (Å²) in [6.45, 7) is 10.5. The Bertz CT molecular complexity index is 1140. The predicted molar refractivity (Wildman–Crippen MR) is 148 cm³/mol. The number of aryl methyl sites for hydroxylation is 2. The molecule has 2 aromatic carbocycles. The van der Waals surface area contributed by atoms with E-state index in [1.165, 1.54) is 10.6 Å². The van der Waals surface area contributed by atoms with Crippen molar-refractivity contribution in [3.05, 3.63) is 59.2 Å². The molecule has 1 atom stereocenters. The molecule has 37 heavy (non-hydrogen) atoms. The first kappa shape index (κ1) is 30.2. The number of sulfonamides is 1. The van der Waals surface area contributed by atoms with Crippen molar-refractivity contribution in [3.8, 4) is 5.75 Å². The molecular weight excluding hydrogens is 490 g/mol. The number of carbonyl (C=O) groups excluding carboxylic acids is 2. The summed E-state index contributed by atoms with van der Waals surface area (Å²) >= 11 is 0. The standard InChI is InChI=1S/C28H41N3O5S/c1-20(2)18-29-28(33)23(5)30(19-24-10-12-26(36-6)13-11-24)27(32)9-8-14-31(37(7,34)35)25-16-21(3)15-22(4)17-25/h10-13,15-17,20,23H,8-9,14,18-19H2,1-7H3,(H,29,33)/t23-/m0/s1. The van der Waals surface area contributed by atoms with E-state index < -0.39 is 16.1 Å². The van der Waals surface area contributed by atoms with E-state index in [1.807, 2.05) is 70.2 Å². The minimum Gasteiger partial charge on any atom is -0.497 e. The molecule has 1 N–H and O–H groups in total. The molecule has 0 aliphatic carbocycles. The minimum atomic E-state index is -3.54. The molecule has 0 aromatic heterocycles. The number of nitrogens with zero attached hydrogens (tertiary/aromatic N) is 2. The summed E-state index contributed by atoms with van der Waals surface area (Å²) in [5.74, 6) is 0.561. The highest BCUT2D eigenvalue weighted by Gasteiger charge is 2.27. The van der Waals surface area contributed by atoms with Crippen molar-refractivity contribution in [3.63, 3.8) is 0 Å². The van der Waals surface area contributed by atoms with Crippen molar-refractivity contribution in [2.45, 2.75) is 60.0 Å². The SMILES string of the molecule is COc1ccc(CN(C(=O)CCCN(c2cc(C)cc(C)c2)S(C)(=O)=O)[C@@H](C)C(=O)NCC(C)C)cc1. The van der Waals surface area contributed by atoms with Gasteiger partial charge in [-0.15, -0.1) is 0 Å². The third-order valence-electron chi connectivity index (χ3n) is 6.01. The molecule has 2 rings (SSSR count). The van der Waals surface area contributed by atoms with Gasteiger partial charge in [-0.2, -0.15) is 0 Å². The van der Waals surface area contributed by atoms with Gasteiger partial charge in [0, 0.05) is 26.1 Å². The molecule has 8 nitrogen and oxygen atoms in total. The Morgan fingerprint density at radius 1 is 1.00 bits per heavy atom. The van der Waals surface area contributed by atoms with Crippen LogP contribution in [0.5, 0.6) is 5.75 Å². The largest absolute Gasteiger partial charge is 0.497 e. The van der Waals surface area contributed by atoms with Gasteiger partial charge < -0.3 is 15.0 Å². The first-order valence-electron chi connectivity index (χ1n) is 12.6. The summed E-state index contributed by atoms with van der Waals surface area (Å²) < 4.78 is 31.7. The van der Waals surface area contributed by atoms with Crippen LogP contribution in [0.2, 0.25) is 0 Å². The van der Waals surface area contributed by atoms with E-state index in [0.717, 1.165) is 16.7 Å².